The Labute approximate surface area is 152 Å². The Balaban J connectivity index is 1.80. The summed E-state index contributed by atoms with van der Waals surface area (Å²) in [6.45, 7) is 0.171. The van der Waals surface area contributed by atoms with Crippen molar-refractivity contribution in [3.63, 3.8) is 0 Å². The van der Waals surface area contributed by atoms with Crippen LogP contribution >= 0.6 is 24.2 Å². The molecule has 2 aromatic carbocycles. The first-order valence-electron chi connectivity index (χ1n) is 7.46. The quantitative estimate of drug-likeness (QED) is 0.546. The molecule has 0 unspecified atom stereocenters. The van der Waals surface area contributed by atoms with E-state index in [-0.39, 0.29) is 12.1 Å². The third-order valence-corrected chi connectivity index (χ3v) is 4.94. The number of hydrogen-bond donors (Lipinski definition) is 1. The van der Waals surface area contributed by atoms with Crippen molar-refractivity contribution in [3.8, 4) is 0 Å². The van der Waals surface area contributed by atoms with Crippen LogP contribution in [-0.2, 0) is 16.9 Å². The maximum atomic E-state index is 14.5. The zero-order valence-electron chi connectivity index (χ0n) is 12.7. The fraction of sp³-hybridized carbons (Fsp3) is 0.176. The molecule has 3 aromatic rings. The van der Waals surface area contributed by atoms with Crippen LogP contribution in [0.4, 0.5) is 8.78 Å². The van der Waals surface area contributed by atoms with E-state index in [2.05, 4.69) is 22.9 Å². The van der Waals surface area contributed by atoms with E-state index in [1.165, 1.54) is 23.0 Å². The Morgan fingerprint density at radius 2 is 2.04 bits per heavy atom. The first-order valence-corrected chi connectivity index (χ1v) is 8.29. The van der Waals surface area contributed by atoms with Crippen LogP contribution in [-0.4, -0.2) is 15.0 Å². The molecule has 2 atom stereocenters. The first-order chi connectivity index (χ1) is 12.0. The van der Waals surface area contributed by atoms with Crippen molar-refractivity contribution in [1.29, 1.82) is 0 Å². The minimum Gasteiger partial charge on any atom is -0.354 e. The average Bonchev–Trinajstić information content (AvgIpc) is 3.14. The monoisotopic (exact) mass is 379 g/mol. The molecule has 0 bridgehead atoms. The second-order valence-electron chi connectivity index (χ2n) is 5.78. The predicted octanol–water partition coefficient (Wildman–Crippen LogP) is 4.17. The Hall–Kier alpha value is -1.96. The summed E-state index contributed by atoms with van der Waals surface area (Å²) in [5.41, 5.74) is -0.0932. The van der Waals surface area contributed by atoms with Crippen LogP contribution in [0.5, 0.6) is 0 Å². The number of ether oxygens (including phenoxy) is 1. The van der Waals surface area contributed by atoms with Crippen molar-refractivity contribution >= 4 is 24.2 Å². The fourth-order valence-electron chi connectivity index (χ4n) is 3.01. The molecule has 2 heterocycles. The molecule has 0 amide bonds. The van der Waals surface area contributed by atoms with Gasteiger partial charge in [-0.25, -0.2) is 13.5 Å². The first kappa shape index (κ1) is 16.5. The van der Waals surface area contributed by atoms with Gasteiger partial charge in [0.1, 0.15) is 28.4 Å². The highest BCUT2D eigenvalue weighted by Gasteiger charge is 2.61. The summed E-state index contributed by atoms with van der Waals surface area (Å²) in [6, 6.07) is 10.6. The number of nitrogens with zero attached hydrogens (tertiary/aromatic N) is 3. The lowest BCUT2D eigenvalue weighted by molar-refractivity contribution is 0.250. The normalized spacial score (nSPS) is 22.2. The molecule has 0 aliphatic carbocycles. The maximum absolute atomic E-state index is 14.5. The Morgan fingerprint density at radius 3 is 2.72 bits per heavy atom. The summed E-state index contributed by atoms with van der Waals surface area (Å²) >= 11 is 10.6. The maximum Gasteiger partial charge on any atom is 0.147 e. The minimum atomic E-state index is -1.06. The lowest BCUT2D eigenvalue weighted by Crippen LogP contribution is -2.22. The van der Waals surface area contributed by atoms with E-state index in [0.717, 1.165) is 11.6 Å². The van der Waals surface area contributed by atoms with Crippen LogP contribution in [0, 0.1) is 11.6 Å². The Morgan fingerprint density at radius 1 is 1.24 bits per heavy atom. The van der Waals surface area contributed by atoms with Crippen LogP contribution in [0.1, 0.15) is 17.2 Å². The molecule has 4 rings (SSSR count). The van der Waals surface area contributed by atoms with Gasteiger partial charge in [0.25, 0.3) is 0 Å². The van der Waals surface area contributed by atoms with Crippen molar-refractivity contribution in [1.82, 2.24) is 15.0 Å². The van der Waals surface area contributed by atoms with Gasteiger partial charge < -0.3 is 4.74 Å². The molecule has 0 spiro atoms. The third-order valence-electron chi connectivity index (χ3n) is 4.25. The van der Waals surface area contributed by atoms with E-state index in [0.29, 0.717) is 10.0 Å². The van der Waals surface area contributed by atoms with Gasteiger partial charge in [0.2, 0.25) is 0 Å². The zero-order chi connectivity index (χ0) is 17.6. The van der Waals surface area contributed by atoms with E-state index >= 15 is 0 Å². The largest absolute Gasteiger partial charge is 0.354 e. The number of thiol groups is 1. The molecular formula is C17H12ClF2N3OS. The SMILES string of the molecule is Fc1ccc([C@@]2(Cn3nncc3S)O[C@H]2c2ccccc2Cl)c(F)c1. The van der Waals surface area contributed by atoms with Gasteiger partial charge in [-0.3, -0.25) is 0 Å². The molecule has 1 aliphatic rings. The van der Waals surface area contributed by atoms with E-state index < -0.39 is 23.3 Å². The van der Waals surface area contributed by atoms with Crippen LogP contribution in [0.2, 0.25) is 5.02 Å². The van der Waals surface area contributed by atoms with Crippen molar-refractivity contribution < 1.29 is 13.5 Å². The van der Waals surface area contributed by atoms with E-state index in [4.69, 9.17) is 16.3 Å². The van der Waals surface area contributed by atoms with E-state index in [9.17, 15) is 8.78 Å². The molecule has 1 aliphatic heterocycles. The molecule has 8 heteroatoms. The number of halogens is 3. The molecule has 1 fully saturated rings. The van der Waals surface area contributed by atoms with E-state index in [1.54, 1.807) is 12.1 Å². The van der Waals surface area contributed by atoms with Crippen LogP contribution < -0.4 is 0 Å². The molecule has 0 saturated carbocycles. The lowest BCUT2D eigenvalue weighted by atomic mass is 9.91. The molecule has 1 saturated heterocycles. The molecule has 128 valence electrons. The van der Waals surface area contributed by atoms with Crippen molar-refractivity contribution in [2.24, 2.45) is 0 Å². The van der Waals surface area contributed by atoms with Gasteiger partial charge in [0, 0.05) is 22.2 Å². The van der Waals surface area contributed by atoms with Crippen LogP contribution in [0.15, 0.2) is 53.7 Å². The van der Waals surface area contributed by atoms with E-state index in [1.807, 2.05) is 12.1 Å². The Bertz CT molecular complexity index is 951. The van der Waals surface area contributed by atoms with Crippen molar-refractivity contribution in [2.75, 3.05) is 0 Å². The van der Waals surface area contributed by atoms with Gasteiger partial charge in [0.15, 0.2) is 0 Å². The van der Waals surface area contributed by atoms with Crippen molar-refractivity contribution in [2.45, 2.75) is 23.3 Å². The summed E-state index contributed by atoms with van der Waals surface area (Å²) in [6.07, 6.45) is 0.989. The highest BCUT2D eigenvalue weighted by atomic mass is 35.5. The van der Waals surface area contributed by atoms with Gasteiger partial charge in [-0.2, -0.15) is 0 Å². The molecular weight excluding hydrogens is 368 g/mol. The summed E-state index contributed by atoms with van der Waals surface area (Å²) in [4.78, 5) is 0. The second-order valence-corrected chi connectivity index (χ2v) is 6.65. The minimum absolute atomic E-state index is 0.171. The van der Waals surface area contributed by atoms with Gasteiger partial charge in [-0.1, -0.05) is 41.1 Å². The van der Waals surface area contributed by atoms with Crippen LogP contribution in [0.3, 0.4) is 0 Å². The Kier molecular flexibility index (Phi) is 4.02. The number of benzene rings is 2. The molecule has 4 nitrogen and oxygen atoms in total. The van der Waals surface area contributed by atoms with Gasteiger partial charge in [-0.15, -0.1) is 17.7 Å². The number of epoxide rings is 1. The molecule has 1 aromatic heterocycles. The van der Waals surface area contributed by atoms with Crippen molar-refractivity contribution in [3.05, 3.63) is 76.4 Å². The average molecular weight is 380 g/mol. The summed E-state index contributed by atoms with van der Waals surface area (Å²) in [7, 11) is 0. The predicted molar refractivity (Wildman–Crippen MR) is 90.6 cm³/mol. The number of aromatic nitrogens is 3. The fourth-order valence-corrected chi connectivity index (χ4v) is 3.41. The molecule has 0 N–H and O–H groups in total. The highest BCUT2D eigenvalue weighted by Crippen LogP contribution is 2.59. The van der Waals surface area contributed by atoms with Crippen LogP contribution in [0.25, 0.3) is 0 Å². The third kappa shape index (κ3) is 2.82. The number of hydrogen-bond acceptors (Lipinski definition) is 4. The van der Waals surface area contributed by atoms with Gasteiger partial charge in [-0.05, 0) is 12.1 Å². The smallest absolute Gasteiger partial charge is 0.147 e. The zero-order valence-corrected chi connectivity index (χ0v) is 14.4. The topological polar surface area (TPSA) is 43.2 Å². The molecule has 25 heavy (non-hydrogen) atoms. The standard InChI is InChI=1S/C17H12ClF2N3OS/c18-13-4-2-1-3-11(13)16-17(24-16,9-23-15(25)8-21-22-23)12-6-5-10(19)7-14(12)20/h1-8,16,25H,9H2/t16-,17+/m0/s1. The number of rotatable bonds is 4. The van der Waals surface area contributed by atoms with Gasteiger partial charge >= 0.3 is 0 Å². The summed E-state index contributed by atoms with van der Waals surface area (Å²) in [5, 5.41) is 8.75. The summed E-state index contributed by atoms with van der Waals surface area (Å²) in [5.74, 6) is -1.34. The summed E-state index contributed by atoms with van der Waals surface area (Å²) < 4.78 is 35.3. The second kappa shape index (κ2) is 6.09. The highest BCUT2D eigenvalue weighted by molar-refractivity contribution is 7.80. The lowest BCUT2D eigenvalue weighted by Gasteiger charge is -2.16. The van der Waals surface area contributed by atoms with Gasteiger partial charge in [0.05, 0.1) is 12.7 Å². The molecule has 0 radical (unpaired) electrons.